The van der Waals surface area contributed by atoms with Crippen molar-refractivity contribution >= 4 is 28.7 Å². The maximum Gasteiger partial charge on any atom is 0.231 e. The lowest BCUT2D eigenvalue weighted by atomic mass is 10.2. The van der Waals surface area contributed by atoms with Crippen LogP contribution in [0.25, 0.3) is 0 Å². The Hall–Kier alpha value is -3.48. The van der Waals surface area contributed by atoms with Gasteiger partial charge < -0.3 is 25.4 Å². The zero-order valence-electron chi connectivity index (χ0n) is 14.3. The molecule has 26 heavy (non-hydrogen) atoms. The molecule has 0 spiro atoms. The van der Waals surface area contributed by atoms with E-state index in [4.69, 9.17) is 15.2 Å². The fourth-order valence-electron chi connectivity index (χ4n) is 2.87. The van der Waals surface area contributed by atoms with E-state index in [1.165, 1.54) is 6.33 Å². The molecule has 3 N–H and O–H groups in total. The smallest absolute Gasteiger partial charge is 0.231 e. The molecule has 7 heteroatoms. The molecule has 2 heterocycles. The minimum absolute atomic E-state index is 0.237. The van der Waals surface area contributed by atoms with Gasteiger partial charge in [0.2, 0.25) is 6.79 Å². The summed E-state index contributed by atoms with van der Waals surface area (Å²) in [7, 11) is 0. The molecule has 7 nitrogen and oxygen atoms in total. The third-order valence-corrected chi connectivity index (χ3v) is 4.14. The minimum atomic E-state index is 0.237. The van der Waals surface area contributed by atoms with Crippen molar-refractivity contribution in [3.63, 3.8) is 0 Å². The zero-order valence-corrected chi connectivity index (χ0v) is 14.3. The fraction of sp³-hybridized carbons (Fsp3) is 0.158. The number of nitrogen functional groups attached to an aromatic ring is 1. The SMILES string of the molecule is CCN(c1ccccc1)c1ncnc(Nc2ccc3c(c2)OCO3)c1N. The summed E-state index contributed by atoms with van der Waals surface area (Å²) in [6, 6.07) is 15.6. The van der Waals surface area contributed by atoms with Crippen molar-refractivity contribution in [1.29, 1.82) is 0 Å². The summed E-state index contributed by atoms with van der Waals surface area (Å²) in [6.45, 7) is 3.02. The van der Waals surface area contributed by atoms with Crippen LogP contribution in [0.3, 0.4) is 0 Å². The Morgan fingerprint density at radius 1 is 1.08 bits per heavy atom. The lowest BCUT2D eigenvalue weighted by Crippen LogP contribution is -2.19. The standard InChI is InChI=1S/C19H19N5O2/c1-2-24(14-6-4-3-5-7-14)19-17(20)18(21-11-22-19)23-13-8-9-15-16(10-13)26-12-25-15/h3-11H,2,12,20H2,1H3,(H,21,22,23). The Bertz CT molecular complexity index is 917. The van der Waals surface area contributed by atoms with Gasteiger partial charge in [0.15, 0.2) is 23.1 Å². The second kappa shape index (κ2) is 6.79. The highest BCUT2D eigenvalue weighted by Gasteiger charge is 2.17. The first-order valence-electron chi connectivity index (χ1n) is 8.36. The molecule has 0 saturated heterocycles. The molecular weight excluding hydrogens is 330 g/mol. The molecule has 0 radical (unpaired) electrons. The van der Waals surface area contributed by atoms with Gasteiger partial charge >= 0.3 is 0 Å². The summed E-state index contributed by atoms with van der Waals surface area (Å²) in [5.74, 6) is 2.63. The highest BCUT2D eigenvalue weighted by atomic mass is 16.7. The number of fused-ring (bicyclic) bond motifs is 1. The van der Waals surface area contributed by atoms with Gasteiger partial charge in [-0.3, -0.25) is 0 Å². The summed E-state index contributed by atoms with van der Waals surface area (Å²) in [5.41, 5.74) is 8.69. The molecule has 1 aliphatic rings. The molecule has 1 aliphatic heterocycles. The molecule has 132 valence electrons. The molecule has 3 aromatic rings. The van der Waals surface area contributed by atoms with Crippen molar-refractivity contribution in [2.24, 2.45) is 0 Å². The number of nitrogens with two attached hydrogens (primary N) is 1. The van der Waals surface area contributed by atoms with Gasteiger partial charge in [-0.05, 0) is 31.2 Å². The van der Waals surface area contributed by atoms with Gasteiger partial charge in [0, 0.05) is 24.0 Å². The molecule has 0 unspecified atom stereocenters. The molecule has 4 rings (SSSR count). The number of nitrogens with one attached hydrogen (secondary N) is 1. The first-order chi connectivity index (χ1) is 12.8. The van der Waals surface area contributed by atoms with E-state index in [-0.39, 0.29) is 6.79 Å². The lowest BCUT2D eigenvalue weighted by molar-refractivity contribution is 0.174. The van der Waals surface area contributed by atoms with Crippen molar-refractivity contribution in [2.75, 3.05) is 29.3 Å². The van der Waals surface area contributed by atoms with Gasteiger partial charge in [-0.2, -0.15) is 0 Å². The van der Waals surface area contributed by atoms with Crippen LogP contribution in [-0.2, 0) is 0 Å². The normalized spacial score (nSPS) is 12.0. The maximum absolute atomic E-state index is 6.37. The van der Waals surface area contributed by atoms with E-state index in [1.807, 2.05) is 53.4 Å². The van der Waals surface area contributed by atoms with Crippen molar-refractivity contribution < 1.29 is 9.47 Å². The number of anilines is 5. The van der Waals surface area contributed by atoms with Gasteiger partial charge in [-0.1, -0.05) is 18.2 Å². The number of para-hydroxylation sites is 1. The first-order valence-corrected chi connectivity index (χ1v) is 8.36. The monoisotopic (exact) mass is 349 g/mol. The number of hydrogen-bond acceptors (Lipinski definition) is 7. The van der Waals surface area contributed by atoms with Crippen LogP contribution >= 0.6 is 0 Å². The van der Waals surface area contributed by atoms with E-state index >= 15 is 0 Å². The molecule has 2 aromatic carbocycles. The first kappa shape index (κ1) is 16.0. The number of nitrogens with zero attached hydrogens (tertiary/aromatic N) is 3. The quantitative estimate of drug-likeness (QED) is 0.726. The topological polar surface area (TPSA) is 85.5 Å². The molecule has 1 aromatic heterocycles. The van der Waals surface area contributed by atoms with Crippen LogP contribution in [0, 0.1) is 0 Å². The van der Waals surface area contributed by atoms with Crippen LogP contribution in [0.1, 0.15) is 6.92 Å². The van der Waals surface area contributed by atoms with Crippen LogP contribution in [0.2, 0.25) is 0 Å². The average molecular weight is 349 g/mol. The minimum Gasteiger partial charge on any atom is -0.454 e. The van der Waals surface area contributed by atoms with Crippen molar-refractivity contribution in [3.05, 3.63) is 54.9 Å². The Labute approximate surface area is 151 Å². The second-order valence-electron chi connectivity index (χ2n) is 5.73. The van der Waals surface area contributed by atoms with E-state index in [0.29, 0.717) is 23.1 Å². The van der Waals surface area contributed by atoms with Gasteiger partial charge in [-0.25, -0.2) is 9.97 Å². The van der Waals surface area contributed by atoms with E-state index in [9.17, 15) is 0 Å². The van der Waals surface area contributed by atoms with Gasteiger partial charge in [0.25, 0.3) is 0 Å². The van der Waals surface area contributed by atoms with E-state index < -0.39 is 0 Å². The summed E-state index contributed by atoms with van der Waals surface area (Å²) < 4.78 is 10.7. The Balaban J connectivity index is 1.65. The van der Waals surface area contributed by atoms with Crippen LogP contribution in [0.4, 0.5) is 28.7 Å². The number of rotatable bonds is 5. The predicted octanol–water partition coefficient (Wildman–Crippen LogP) is 3.69. The van der Waals surface area contributed by atoms with Crippen molar-refractivity contribution in [2.45, 2.75) is 6.92 Å². The molecular formula is C19H19N5O2. The predicted molar refractivity (Wildman–Crippen MR) is 101 cm³/mol. The van der Waals surface area contributed by atoms with Crippen molar-refractivity contribution in [1.82, 2.24) is 9.97 Å². The Morgan fingerprint density at radius 3 is 2.69 bits per heavy atom. The lowest BCUT2D eigenvalue weighted by Gasteiger charge is -2.24. The van der Waals surface area contributed by atoms with Crippen LogP contribution in [-0.4, -0.2) is 23.3 Å². The van der Waals surface area contributed by atoms with Gasteiger partial charge in [0.05, 0.1) is 0 Å². The zero-order chi connectivity index (χ0) is 17.9. The number of ether oxygens (including phenoxy) is 2. The number of benzene rings is 2. The van der Waals surface area contributed by atoms with Crippen LogP contribution in [0.5, 0.6) is 11.5 Å². The van der Waals surface area contributed by atoms with E-state index in [2.05, 4.69) is 22.2 Å². The third kappa shape index (κ3) is 2.95. The highest BCUT2D eigenvalue weighted by Crippen LogP contribution is 2.37. The molecule has 0 aliphatic carbocycles. The molecule has 0 bridgehead atoms. The van der Waals surface area contributed by atoms with Gasteiger partial charge in [0.1, 0.15) is 12.0 Å². The van der Waals surface area contributed by atoms with Crippen LogP contribution in [0.15, 0.2) is 54.9 Å². The largest absolute Gasteiger partial charge is 0.454 e. The maximum atomic E-state index is 6.37. The van der Waals surface area contributed by atoms with Gasteiger partial charge in [-0.15, -0.1) is 0 Å². The second-order valence-corrected chi connectivity index (χ2v) is 5.73. The summed E-state index contributed by atoms with van der Waals surface area (Å²) in [4.78, 5) is 10.7. The Morgan fingerprint density at radius 2 is 1.88 bits per heavy atom. The average Bonchev–Trinajstić information content (AvgIpc) is 3.14. The molecule has 0 fully saturated rings. The van der Waals surface area contributed by atoms with E-state index in [0.717, 1.165) is 23.7 Å². The van der Waals surface area contributed by atoms with Crippen LogP contribution < -0.4 is 25.4 Å². The summed E-state index contributed by atoms with van der Waals surface area (Å²) in [6.07, 6.45) is 1.51. The highest BCUT2D eigenvalue weighted by molar-refractivity contribution is 5.81. The fourth-order valence-corrected chi connectivity index (χ4v) is 2.87. The molecule has 0 amide bonds. The third-order valence-electron chi connectivity index (χ3n) is 4.14. The van der Waals surface area contributed by atoms with E-state index in [1.54, 1.807) is 0 Å². The molecule has 0 saturated carbocycles. The Kier molecular flexibility index (Phi) is 4.18. The van der Waals surface area contributed by atoms with Crippen molar-refractivity contribution in [3.8, 4) is 11.5 Å². The number of aromatic nitrogens is 2. The molecule has 0 atom stereocenters. The summed E-state index contributed by atoms with van der Waals surface area (Å²) >= 11 is 0. The summed E-state index contributed by atoms with van der Waals surface area (Å²) in [5, 5.41) is 3.23. The number of hydrogen-bond donors (Lipinski definition) is 2.